The van der Waals surface area contributed by atoms with Gasteiger partial charge in [-0.1, -0.05) is 18.6 Å². The molecule has 0 saturated carbocycles. The quantitative estimate of drug-likeness (QED) is 0.742. The molecule has 0 aromatic rings. The highest BCUT2D eigenvalue weighted by molar-refractivity contribution is 5.79. The summed E-state index contributed by atoms with van der Waals surface area (Å²) in [4.78, 5) is 13.6. The Bertz CT molecular complexity index is 303. The van der Waals surface area contributed by atoms with Crippen LogP contribution in [0.5, 0.6) is 0 Å². The lowest BCUT2D eigenvalue weighted by Gasteiger charge is -2.46. The number of hydrogen-bond donors (Lipinski definition) is 1. The highest BCUT2D eigenvalue weighted by atomic mass is 16.3. The molecule has 16 heavy (non-hydrogen) atoms. The third-order valence-corrected chi connectivity index (χ3v) is 3.74. The minimum Gasteiger partial charge on any atom is -0.386 e. The number of carbonyl (C=O) groups is 1. The predicted octanol–water partition coefficient (Wildman–Crippen LogP) is 1.86. The van der Waals surface area contributed by atoms with Crippen LogP contribution in [-0.2, 0) is 4.79 Å². The van der Waals surface area contributed by atoms with E-state index in [-0.39, 0.29) is 5.91 Å². The maximum Gasteiger partial charge on any atom is 0.226 e. The Kier molecular flexibility index (Phi) is 3.33. The van der Waals surface area contributed by atoms with Crippen LogP contribution in [0.15, 0.2) is 11.6 Å². The third-order valence-electron chi connectivity index (χ3n) is 3.74. The van der Waals surface area contributed by atoms with E-state index in [1.807, 2.05) is 6.92 Å². The first-order valence-corrected chi connectivity index (χ1v) is 6.31. The van der Waals surface area contributed by atoms with Gasteiger partial charge in [0.25, 0.3) is 0 Å². The van der Waals surface area contributed by atoms with Gasteiger partial charge < -0.3 is 10.0 Å². The van der Waals surface area contributed by atoms with Crippen molar-refractivity contribution in [3.63, 3.8) is 0 Å². The number of allylic oxidation sites excluding steroid dienone is 1. The molecular weight excluding hydrogens is 202 g/mol. The molecule has 0 bridgehead atoms. The van der Waals surface area contributed by atoms with Gasteiger partial charge in [0.2, 0.25) is 5.91 Å². The van der Waals surface area contributed by atoms with Crippen molar-refractivity contribution >= 4 is 5.91 Å². The first-order chi connectivity index (χ1) is 7.63. The fourth-order valence-corrected chi connectivity index (χ4v) is 2.44. The molecule has 1 aliphatic heterocycles. The van der Waals surface area contributed by atoms with Crippen LogP contribution in [0.4, 0.5) is 0 Å². The number of nitrogens with zero attached hydrogens (tertiary/aromatic N) is 1. The molecule has 90 valence electrons. The summed E-state index contributed by atoms with van der Waals surface area (Å²) in [6.07, 6.45) is 8.21. The van der Waals surface area contributed by atoms with E-state index in [1.165, 1.54) is 18.4 Å². The van der Waals surface area contributed by atoms with Crippen molar-refractivity contribution in [1.29, 1.82) is 0 Å². The topological polar surface area (TPSA) is 40.5 Å². The zero-order valence-electron chi connectivity index (χ0n) is 10.0. The summed E-state index contributed by atoms with van der Waals surface area (Å²) in [6, 6.07) is 0. The molecule has 2 rings (SSSR count). The van der Waals surface area contributed by atoms with E-state index < -0.39 is 5.60 Å². The first-order valence-electron chi connectivity index (χ1n) is 6.31. The molecule has 3 nitrogen and oxygen atoms in total. The zero-order chi connectivity index (χ0) is 11.6. The van der Waals surface area contributed by atoms with E-state index in [0.29, 0.717) is 19.5 Å². The Morgan fingerprint density at radius 3 is 2.81 bits per heavy atom. The Balaban J connectivity index is 1.79. The van der Waals surface area contributed by atoms with Crippen LogP contribution in [0, 0.1) is 0 Å². The molecule has 0 aromatic carbocycles. The van der Waals surface area contributed by atoms with Gasteiger partial charge in [-0.3, -0.25) is 4.79 Å². The fourth-order valence-electron chi connectivity index (χ4n) is 2.44. The van der Waals surface area contributed by atoms with Crippen molar-refractivity contribution in [2.24, 2.45) is 0 Å². The van der Waals surface area contributed by atoms with Crippen LogP contribution in [0.2, 0.25) is 0 Å². The van der Waals surface area contributed by atoms with Crippen molar-refractivity contribution in [3.8, 4) is 0 Å². The van der Waals surface area contributed by atoms with Gasteiger partial charge in [0.05, 0.1) is 18.7 Å². The molecule has 0 unspecified atom stereocenters. The largest absolute Gasteiger partial charge is 0.386 e. The van der Waals surface area contributed by atoms with Crippen LogP contribution in [0.25, 0.3) is 0 Å². The zero-order valence-corrected chi connectivity index (χ0v) is 10.0. The molecule has 1 N–H and O–H groups in total. The summed E-state index contributed by atoms with van der Waals surface area (Å²) in [5.74, 6) is 0.186. The number of likely N-dealkylation sites (tertiary alicyclic amines) is 1. The lowest BCUT2D eigenvalue weighted by Crippen LogP contribution is -2.63. The van der Waals surface area contributed by atoms with Gasteiger partial charge in [-0.2, -0.15) is 0 Å². The molecule has 1 saturated heterocycles. The summed E-state index contributed by atoms with van der Waals surface area (Å²) in [5, 5.41) is 9.84. The van der Waals surface area contributed by atoms with Gasteiger partial charge in [-0.25, -0.2) is 0 Å². The van der Waals surface area contributed by atoms with Gasteiger partial charge >= 0.3 is 0 Å². The summed E-state index contributed by atoms with van der Waals surface area (Å²) in [6.45, 7) is 3.01. The SMILES string of the molecule is CCC1(O)CN(C(=O)CC2=CCCCC2)C1. The Labute approximate surface area is 97.1 Å². The maximum absolute atomic E-state index is 11.9. The van der Waals surface area contributed by atoms with Crippen molar-refractivity contribution in [2.75, 3.05) is 13.1 Å². The lowest BCUT2D eigenvalue weighted by molar-refractivity contribution is -0.155. The van der Waals surface area contributed by atoms with E-state index >= 15 is 0 Å². The number of β-amino-alcohol motifs (C(OH)–C–C–N with tert-alkyl or cyclic N) is 1. The van der Waals surface area contributed by atoms with Gasteiger partial charge in [-0.05, 0) is 32.1 Å². The molecular formula is C13H21NO2. The van der Waals surface area contributed by atoms with Crippen LogP contribution < -0.4 is 0 Å². The van der Waals surface area contributed by atoms with Crippen LogP contribution in [-0.4, -0.2) is 34.6 Å². The smallest absolute Gasteiger partial charge is 0.226 e. The lowest BCUT2D eigenvalue weighted by atomic mass is 9.90. The molecule has 1 fully saturated rings. The molecule has 0 spiro atoms. The highest BCUT2D eigenvalue weighted by Crippen LogP contribution is 2.27. The number of amides is 1. The summed E-state index contributed by atoms with van der Waals surface area (Å²) in [7, 11) is 0. The summed E-state index contributed by atoms with van der Waals surface area (Å²) < 4.78 is 0. The van der Waals surface area contributed by atoms with E-state index in [1.54, 1.807) is 4.90 Å². The van der Waals surface area contributed by atoms with Crippen molar-refractivity contribution in [1.82, 2.24) is 4.90 Å². The van der Waals surface area contributed by atoms with E-state index in [9.17, 15) is 9.90 Å². The number of rotatable bonds is 3. The third kappa shape index (κ3) is 2.46. The standard InChI is InChI=1S/C13H21NO2/c1-2-13(16)9-14(10-13)12(15)8-11-6-4-3-5-7-11/h6,16H,2-5,7-10H2,1H3. The molecule has 1 aliphatic carbocycles. The molecule has 0 aromatic heterocycles. The molecule has 1 amide bonds. The van der Waals surface area contributed by atoms with Crippen molar-refractivity contribution in [3.05, 3.63) is 11.6 Å². The van der Waals surface area contributed by atoms with Crippen LogP contribution in [0.1, 0.15) is 45.4 Å². The number of carbonyl (C=O) groups excluding carboxylic acids is 1. The van der Waals surface area contributed by atoms with Gasteiger partial charge in [0, 0.05) is 6.42 Å². The molecule has 0 atom stereocenters. The van der Waals surface area contributed by atoms with Gasteiger partial charge in [0.1, 0.15) is 0 Å². The minimum absolute atomic E-state index is 0.186. The average molecular weight is 223 g/mol. The van der Waals surface area contributed by atoms with Crippen molar-refractivity contribution < 1.29 is 9.90 Å². The number of aliphatic hydroxyl groups is 1. The maximum atomic E-state index is 11.9. The minimum atomic E-state index is -0.601. The molecule has 0 radical (unpaired) electrons. The second-order valence-electron chi connectivity index (χ2n) is 5.11. The van der Waals surface area contributed by atoms with Crippen LogP contribution in [0.3, 0.4) is 0 Å². The summed E-state index contributed by atoms with van der Waals surface area (Å²) in [5.41, 5.74) is 0.694. The Morgan fingerprint density at radius 1 is 1.50 bits per heavy atom. The van der Waals surface area contributed by atoms with Gasteiger partial charge in [-0.15, -0.1) is 0 Å². The first kappa shape index (κ1) is 11.6. The second-order valence-corrected chi connectivity index (χ2v) is 5.11. The van der Waals surface area contributed by atoms with E-state index in [0.717, 1.165) is 19.3 Å². The normalized spacial score (nSPS) is 23.6. The Hall–Kier alpha value is -0.830. The Morgan fingerprint density at radius 2 is 2.25 bits per heavy atom. The van der Waals surface area contributed by atoms with Crippen LogP contribution >= 0.6 is 0 Å². The van der Waals surface area contributed by atoms with Gasteiger partial charge in [0.15, 0.2) is 0 Å². The second kappa shape index (κ2) is 4.58. The van der Waals surface area contributed by atoms with Crippen molar-refractivity contribution in [2.45, 2.75) is 51.0 Å². The summed E-state index contributed by atoms with van der Waals surface area (Å²) >= 11 is 0. The fraction of sp³-hybridized carbons (Fsp3) is 0.769. The number of hydrogen-bond acceptors (Lipinski definition) is 2. The van der Waals surface area contributed by atoms with E-state index in [2.05, 4.69) is 6.08 Å². The van der Waals surface area contributed by atoms with E-state index in [4.69, 9.17) is 0 Å². The average Bonchev–Trinajstić information content (AvgIpc) is 2.26. The monoisotopic (exact) mass is 223 g/mol. The highest BCUT2D eigenvalue weighted by Gasteiger charge is 2.41. The molecule has 3 heteroatoms. The molecule has 2 aliphatic rings. The molecule has 1 heterocycles. The predicted molar refractivity (Wildman–Crippen MR) is 63.0 cm³/mol.